The van der Waals surface area contributed by atoms with Gasteiger partial charge in [-0.25, -0.2) is 24.7 Å². The van der Waals surface area contributed by atoms with Crippen LogP contribution in [0.15, 0.2) is 35.5 Å². The van der Waals surface area contributed by atoms with Crippen molar-refractivity contribution in [1.82, 2.24) is 15.1 Å². The van der Waals surface area contributed by atoms with Crippen LogP contribution in [0.1, 0.15) is 6.92 Å². The number of amides is 3. The summed E-state index contributed by atoms with van der Waals surface area (Å²) in [4.78, 5) is 40.3. The standard InChI is InChI=1S/C16H19N5O5S/c1-10(22)18-20-13(21(16(24)26-3)19-15(23)25-2)12(17-14(20)27-4)11-8-6-5-7-9-11/h5-9H,1-4H3,(H,18,22)(H,19,23). The number of imidazole rings is 1. The van der Waals surface area contributed by atoms with E-state index in [1.54, 1.807) is 30.5 Å². The predicted octanol–water partition coefficient (Wildman–Crippen LogP) is 2.21. The first kappa shape index (κ1) is 20.1. The molecule has 0 saturated carbocycles. The van der Waals surface area contributed by atoms with Gasteiger partial charge in [0.1, 0.15) is 5.69 Å². The van der Waals surface area contributed by atoms with Gasteiger partial charge >= 0.3 is 12.2 Å². The molecule has 0 saturated heterocycles. The van der Waals surface area contributed by atoms with Crippen molar-refractivity contribution in [3.05, 3.63) is 30.3 Å². The molecule has 0 bridgehead atoms. The van der Waals surface area contributed by atoms with E-state index < -0.39 is 18.1 Å². The zero-order chi connectivity index (χ0) is 20.0. The maximum absolute atomic E-state index is 12.4. The Kier molecular flexibility index (Phi) is 6.66. The predicted molar refractivity (Wildman–Crippen MR) is 99.9 cm³/mol. The molecule has 0 fully saturated rings. The second kappa shape index (κ2) is 8.94. The minimum Gasteiger partial charge on any atom is -0.452 e. The molecule has 0 unspecified atom stereocenters. The van der Waals surface area contributed by atoms with Crippen molar-refractivity contribution in [3.63, 3.8) is 0 Å². The Morgan fingerprint density at radius 2 is 1.81 bits per heavy atom. The van der Waals surface area contributed by atoms with E-state index in [1.165, 1.54) is 23.4 Å². The van der Waals surface area contributed by atoms with E-state index in [0.29, 0.717) is 16.4 Å². The topological polar surface area (TPSA) is 115 Å². The van der Waals surface area contributed by atoms with Crippen LogP contribution in [0, 0.1) is 0 Å². The molecule has 2 aromatic rings. The lowest BCUT2D eigenvalue weighted by atomic mass is 10.1. The highest BCUT2D eigenvalue weighted by molar-refractivity contribution is 7.98. The number of nitrogens with zero attached hydrogens (tertiary/aromatic N) is 3. The zero-order valence-corrected chi connectivity index (χ0v) is 16.0. The zero-order valence-electron chi connectivity index (χ0n) is 15.2. The number of methoxy groups -OCH3 is 2. The van der Waals surface area contributed by atoms with Crippen LogP contribution in [0.4, 0.5) is 15.4 Å². The van der Waals surface area contributed by atoms with Crippen molar-refractivity contribution in [3.8, 4) is 11.3 Å². The molecule has 11 heteroatoms. The molecule has 10 nitrogen and oxygen atoms in total. The molecule has 0 aliphatic rings. The number of rotatable bonds is 4. The molecule has 3 amide bonds. The van der Waals surface area contributed by atoms with E-state index in [1.807, 2.05) is 6.07 Å². The normalized spacial score (nSPS) is 10.1. The van der Waals surface area contributed by atoms with Gasteiger partial charge in [-0.05, 0) is 6.26 Å². The lowest BCUT2D eigenvalue weighted by Gasteiger charge is -2.23. The third-order valence-electron chi connectivity index (χ3n) is 3.28. The van der Waals surface area contributed by atoms with E-state index in [4.69, 9.17) is 4.74 Å². The Morgan fingerprint density at radius 1 is 1.15 bits per heavy atom. The number of hydrogen-bond acceptors (Lipinski definition) is 7. The van der Waals surface area contributed by atoms with Gasteiger partial charge < -0.3 is 9.47 Å². The number of carbonyl (C=O) groups excluding carboxylic acids is 3. The van der Waals surface area contributed by atoms with Crippen LogP contribution in [0.2, 0.25) is 0 Å². The van der Waals surface area contributed by atoms with Gasteiger partial charge in [0, 0.05) is 12.5 Å². The lowest BCUT2D eigenvalue weighted by Crippen LogP contribution is -2.48. The molecule has 0 aliphatic carbocycles. The largest absolute Gasteiger partial charge is 0.452 e. The number of hydrazine groups is 1. The molecule has 1 aromatic heterocycles. The number of carbonyl (C=O) groups is 3. The van der Waals surface area contributed by atoms with Crippen molar-refractivity contribution in [2.75, 3.05) is 30.9 Å². The Hall–Kier alpha value is -3.21. The van der Waals surface area contributed by atoms with Gasteiger partial charge in [0.2, 0.25) is 5.91 Å². The van der Waals surface area contributed by atoms with Crippen LogP contribution in [-0.2, 0) is 14.3 Å². The average molecular weight is 393 g/mol. The van der Waals surface area contributed by atoms with Gasteiger partial charge in [-0.2, -0.15) is 5.01 Å². The fourth-order valence-electron chi connectivity index (χ4n) is 2.20. The maximum Gasteiger partial charge on any atom is 0.434 e. The minimum atomic E-state index is -0.906. The fraction of sp³-hybridized carbons (Fsp3) is 0.250. The SMILES string of the molecule is COC(=O)NN(C(=O)OC)c1c(-c2ccccc2)nc(SC)n1NC(C)=O. The fourth-order valence-corrected chi connectivity index (χ4v) is 2.69. The van der Waals surface area contributed by atoms with Gasteiger partial charge in [0.05, 0.1) is 14.2 Å². The summed E-state index contributed by atoms with van der Waals surface area (Å²) in [6.45, 7) is 1.31. The maximum atomic E-state index is 12.4. The molecule has 0 atom stereocenters. The second-order valence-corrected chi connectivity index (χ2v) is 5.82. The van der Waals surface area contributed by atoms with Crippen LogP contribution in [-0.4, -0.2) is 48.2 Å². The Balaban J connectivity index is 2.74. The molecular formula is C16H19N5O5S. The Bertz CT molecular complexity index is 839. The molecule has 2 N–H and O–H groups in total. The minimum absolute atomic E-state index is 0.0815. The van der Waals surface area contributed by atoms with Crippen LogP contribution in [0.5, 0.6) is 0 Å². The molecule has 1 heterocycles. The van der Waals surface area contributed by atoms with Crippen LogP contribution < -0.4 is 15.9 Å². The smallest absolute Gasteiger partial charge is 0.434 e. The summed E-state index contributed by atoms with van der Waals surface area (Å²) >= 11 is 1.24. The van der Waals surface area contributed by atoms with E-state index in [9.17, 15) is 14.4 Å². The summed E-state index contributed by atoms with van der Waals surface area (Å²) in [5.74, 6) is -0.315. The quantitative estimate of drug-likeness (QED) is 0.604. The van der Waals surface area contributed by atoms with E-state index in [0.717, 1.165) is 19.2 Å². The van der Waals surface area contributed by atoms with Gasteiger partial charge in [-0.1, -0.05) is 42.1 Å². The van der Waals surface area contributed by atoms with Gasteiger partial charge in [0.25, 0.3) is 0 Å². The number of nitrogens with one attached hydrogen (secondary N) is 2. The average Bonchev–Trinajstić information content (AvgIpc) is 3.03. The number of hydrogen-bond donors (Lipinski definition) is 2. The molecule has 0 spiro atoms. The summed E-state index contributed by atoms with van der Waals surface area (Å²) in [6, 6.07) is 8.98. The monoisotopic (exact) mass is 393 g/mol. The summed E-state index contributed by atoms with van der Waals surface area (Å²) in [7, 11) is 2.31. The highest BCUT2D eigenvalue weighted by Gasteiger charge is 2.30. The highest BCUT2D eigenvalue weighted by Crippen LogP contribution is 2.33. The molecule has 0 aliphatic heterocycles. The summed E-state index contributed by atoms with van der Waals surface area (Å²) in [6.07, 6.45) is -0.0486. The molecule has 27 heavy (non-hydrogen) atoms. The molecule has 0 radical (unpaired) electrons. The van der Waals surface area contributed by atoms with E-state index >= 15 is 0 Å². The molecule has 1 aromatic carbocycles. The van der Waals surface area contributed by atoms with Crippen LogP contribution in [0.3, 0.4) is 0 Å². The lowest BCUT2D eigenvalue weighted by molar-refractivity contribution is -0.115. The summed E-state index contributed by atoms with van der Waals surface area (Å²) in [5.41, 5.74) is 5.86. The number of anilines is 1. The number of ether oxygens (including phenoxy) is 2. The molecular weight excluding hydrogens is 374 g/mol. The van der Waals surface area contributed by atoms with Crippen LogP contribution in [0.25, 0.3) is 11.3 Å². The molecule has 144 valence electrons. The van der Waals surface area contributed by atoms with E-state index in [-0.39, 0.29) is 5.82 Å². The number of benzene rings is 1. The van der Waals surface area contributed by atoms with Gasteiger partial charge in [-0.3, -0.25) is 10.2 Å². The van der Waals surface area contributed by atoms with Gasteiger partial charge in [-0.15, -0.1) is 0 Å². The third-order valence-corrected chi connectivity index (χ3v) is 3.92. The number of thioether (sulfide) groups is 1. The first-order valence-electron chi connectivity index (χ1n) is 7.65. The second-order valence-electron chi connectivity index (χ2n) is 5.05. The van der Waals surface area contributed by atoms with Crippen molar-refractivity contribution >= 4 is 35.7 Å². The summed E-state index contributed by atoms with van der Waals surface area (Å²) in [5, 5.41) is 1.20. The summed E-state index contributed by atoms with van der Waals surface area (Å²) < 4.78 is 10.6. The first-order valence-corrected chi connectivity index (χ1v) is 8.87. The third kappa shape index (κ3) is 4.50. The van der Waals surface area contributed by atoms with Crippen molar-refractivity contribution in [1.29, 1.82) is 0 Å². The van der Waals surface area contributed by atoms with E-state index in [2.05, 4.69) is 20.6 Å². The van der Waals surface area contributed by atoms with Crippen molar-refractivity contribution in [2.24, 2.45) is 0 Å². The Labute approximate surface area is 159 Å². The highest BCUT2D eigenvalue weighted by atomic mass is 32.2. The van der Waals surface area contributed by atoms with Gasteiger partial charge in [0.15, 0.2) is 11.0 Å². The van der Waals surface area contributed by atoms with Crippen molar-refractivity contribution < 1.29 is 23.9 Å². The van der Waals surface area contributed by atoms with Crippen LogP contribution >= 0.6 is 11.8 Å². The van der Waals surface area contributed by atoms with Crippen molar-refractivity contribution in [2.45, 2.75) is 12.1 Å². The Morgan fingerprint density at radius 3 is 2.33 bits per heavy atom. The molecule has 2 rings (SSSR count). The number of aromatic nitrogens is 2. The first-order chi connectivity index (χ1) is 12.9.